The second-order valence-corrected chi connectivity index (χ2v) is 5.04. The van der Waals surface area contributed by atoms with E-state index in [2.05, 4.69) is 37.9 Å². The van der Waals surface area contributed by atoms with Crippen molar-refractivity contribution in [3.05, 3.63) is 28.5 Å². The standard InChI is InChI=1S/C12H14BrN3/c13-11-6-10(7-15-8-11)9-16(5-1-4-14)12-2-3-12/h6-8,12H,1-3,5,9H2. The van der Waals surface area contributed by atoms with E-state index < -0.39 is 0 Å². The zero-order chi connectivity index (χ0) is 11.4. The Labute approximate surface area is 104 Å². The van der Waals surface area contributed by atoms with Gasteiger partial charge in [-0.3, -0.25) is 9.88 Å². The second-order valence-electron chi connectivity index (χ2n) is 4.12. The van der Waals surface area contributed by atoms with E-state index in [1.165, 1.54) is 18.4 Å². The maximum atomic E-state index is 8.63. The maximum absolute atomic E-state index is 8.63. The van der Waals surface area contributed by atoms with Gasteiger partial charge in [-0.2, -0.15) is 5.26 Å². The molecule has 2 rings (SSSR count). The lowest BCUT2D eigenvalue weighted by molar-refractivity contribution is 0.260. The highest BCUT2D eigenvalue weighted by Crippen LogP contribution is 2.28. The fourth-order valence-electron chi connectivity index (χ4n) is 1.80. The van der Waals surface area contributed by atoms with E-state index in [4.69, 9.17) is 5.26 Å². The molecule has 0 N–H and O–H groups in total. The summed E-state index contributed by atoms with van der Waals surface area (Å²) in [6, 6.07) is 4.99. The molecular weight excluding hydrogens is 266 g/mol. The Balaban J connectivity index is 1.97. The number of hydrogen-bond donors (Lipinski definition) is 0. The summed E-state index contributed by atoms with van der Waals surface area (Å²) >= 11 is 3.42. The molecule has 0 atom stereocenters. The minimum absolute atomic E-state index is 0.609. The number of nitriles is 1. The van der Waals surface area contributed by atoms with Crippen LogP contribution in [0.4, 0.5) is 0 Å². The quantitative estimate of drug-likeness (QED) is 0.832. The van der Waals surface area contributed by atoms with Crippen LogP contribution < -0.4 is 0 Å². The summed E-state index contributed by atoms with van der Waals surface area (Å²) in [5.41, 5.74) is 1.21. The van der Waals surface area contributed by atoms with Gasteiger partial charge < -0.3 is 0 Å². The van der Waals surface area contributed by atoms with Gasteiger partial charge in [0.1, 0.15) is 0 Å². The van der Waals surface area contributed by atoms with Gasteiger partial charge in [-0.1, -0.05) is 0 Å². The zero-order valence-electron chi connectivity index (χ0n) is 9.06. The topological polar surface area (TPSA) is 39.9 Å². The van der Waals surface area contributed by atoms with Crippen LogP contribution in [0.15, 0.2) is 22.9 Å². The highest BCUT2D eigenvalue weighted by molar-refractivity contribution is 9.10. The largest absolute Gasteiger partial charge is 0.295 e. The third-order valence-electron chi connectivity index (χ3n) is 2.72. The molecule has 1 aliphatic carbocycles. The number of hydrogen-bond acceptors (Lipinski definition) is 3. The zero-order valence-corrected chi connectivity index (χ0v) is 10.7. The smallest absolute Gasteiger partial charge is 0.0635 e. The van der Waals surface area contributed by atoms with E-state index in [0.29, 0.717) is 12.5 Å². The van der Waals surface area contributed by atoms with Crippen molar-refractivity contribution in [3.8, 4) is 6.07 Å². The van der Waals surface area contributed by atoms with Gasteiger partial charge in [0.2, 0.25) is 0 Å². The van der Waals surface area contributed by atoms with Crippen LogP contribution in [0, 0.1) is 11.3 Å². The summed E-state index contributed by atoms with van der Waals surface area (Å²) in [7, 11) is 0. The first-order valence-electron chi connectivity index (χ1n) is 5.50. The van der Waals surface area contributed by atoms with Gasteiger partial charge >= 0.3 is 0 Å². The number of nitrogens with zero attached hydrogens (tertiary/aromatic N) is 3. The monoisotopic (exact) mass is 279 g/mol. The Hall–Kier alpha value is -0.920. The van der Waals surface area contributed by atoms with Crippen molar-refractivity contribution in [1.82, 2.24) is 9.88 Å². The van der Waals surface area contributed by atoms with Crippen molar-refractivity contribution < 1.29 is 0 Å². The molecular formula is C12H14BrN3. The molecule has 0 aromatic carbocycles. The molecule has 1 aliphatic rings. The molecule has 84 valence electrons. The maximum Gasteiger partial charge on any atom is 0.0635 e. The van der Waals surface area contributed by atoms with Gasteiger partial charge in [-0.05, 0) is 40.4 Å². The second kappa shape index (κ2) is 5.42. The summed E-state index contributed by atoms with van der Waals surface area (Å²) in [5.74, 6) is 0. The SMILES string of the molecule is N#CCCN(Cc1cncc(Br)c1)C1CC1. The van der Waals surface area contributed by atoms with E-state index in [9.17, 15) is 0 Å². The van der Waals surface area contributed by atoms with Crippen LogP contribution in [0.3, 0.4) is 0 Å². The van der Waals surface area contributed by atoms with Crippen molar-refractivity contribution >= 4 is 15.9 Å². The fourth-order valence-corrected chi connectivity index (χ4v) is 2.21. The summed E-state index contributed by atoms with van der Waals surface area (Å²) in [4.78, 5) is 6.54. The molecule has 0 aliphatic heterocycles. The van der Waals surface area contributed by atoms with Gasteiger partial charge in [0.05, 0.1) is 6.07 Å². The highest BCUT2D eigenvalue weighted by Gasteiger charge is 2.28. The first-order chi connectivity index (χ1) is 7.79. The van der Waals surface area contributed by atoms with Crippen molar-refractivity contribution in [2.24, 2.45) is 0 Å². The van der Waals surface area contributed by atoms with Crippen LogP contribution in [0.2, 0.25) is 0 Å². The molecule has 1 aromatic heterocycles. The number of aromatic nitrogens is 1. The molecule has 1 aromatic rings. The number of rotatable bonds is 5. The van der Waals surface area contributed by atoms with Crippen LogP contribution in [0.25, 0.3) is 0 Å². The Morgan fingerprint density at radius 1 is 1.50 bits per heavy atom. The molecule has 1 saturated carbocycles. The lowest BCUT2D eigenvalue weighted by atomic mass is 10.2. The third-order valence-corrected chi connectivity index (χ3v) is 3.15. The molecule has 0 bridgehead atoms. The Bertz CT molecular complexity index is 395. The number of pyridine rings is 1. The van der Waals surface area contributed by atoms with Crippen molar-refractivity contribution in [1.29, 1.82) is 5.26 Å². The van der Waals surface area contributed by atoms with Gasteiger partial charge in [-0.15, -0.1) is 0 Å². The molecule has 3 nitrogen and oxygen atoms in total. The predicted octanol–water partition coefficient (Wildman–Crippen LogP) is 2.72. The first-order valence-corrected chi connectivity index (χ1v) is 6.29. The number of halogens is 1. The van der Waals surface area contributed by atoms with Crippen LogP contribution >= 0.6 is 15.9 Å². The van der Waals surface area contributed by atoms with Crippen molar-refractivity contribution in [3.63, 3.8) is 0 Å². The molecule has 0 radical (unpaired) electrons. The minimum Gasteiger partial charge on any atom is -0.295 e. The lowest BCUT2D eigenvalue weighted by Crippen LogP contribution is -2.26. The molecule has 16 heavy (non-hydrogen) atoms. The molecule has 1 heterocycles. The van der Waals surface area contributed by atoms with E-state index in [1.807, 2.05) is 6.20 Å². The summed E-state index contributed by atoms with van der Waals surface area (Å²) < 4.78 is 1.01. The molecule has 0 saturated heterocycles. The average Bonchev–Trinajstić information content (AvgIpc) is 3.08. The lowest BCUT2D eigenvalue weighted by Gasteiger charge is -2.20. The first kappa shape index (κ1) is 11.6. The van der Waals surface area contributed by atoms with Crippen molar-refractivity contribution in [2.45, 2.75) is 31.8 Å². The Kier molecular flexibility index (Phi) is 3.92. The van der Waals surface area contributed by atoms with Crippen LogP contribution in [0.1, 0.15) is 24.8 Å². The molecule has 0 spiro atoms. The van der Waals surface area contributed by atoms with E-state index in [-0.39, 0.29) is 0 Å². The van der Waals surface area contributed by atoms with Crippen LogP contribution in [-0.2, 0) is 6.54 Å². The van der Waals surface area contributed by atoms with E-state index in [0.717, 1.165) is 17.6 Å². The summed E-state index contributed by atoms with van der Waals surface area (Å²) in [6.07, 6.45) is 6.84. The minimum atomic E-state index is 0.609. The van der Waals surface area contributed by atoms with Gasteiger partial charge in [0, 0.05) is 42.4 Å². The normalized spacial score (nSPS) is 15.1. The van der Waals surface area contributed by atoms with Gasteiger partial charge in [0.15, 0.2) is 0 Å². The molecule has 0 unspecified atom stereocenters. The van der Waals surface area contributed by atoms with Crippen molar-refractivity contribution in [2.75, 3.05) is 6.54 Å². The van der Waals surface area contributed by atoms with Crippen LogP contribution in [-0.4, -0.2) is 22.5 Å². The molecule has 4 heteroatoms. The Morgan fingerprint density at radius 2 is 2.31 bits per heavy atom. The third kappa shape index (κ3) is 3.29. The summed E-state index contributed by atoms with van der Waals surface area (Å²) in [6.45, 7) is 1.77. The Morgan fingerprint density at radius 3 is 2.94 bits per heavy atom. The van der Waals surface area contributed by atoms with E-state index in [1.54, 1.807) is 6.20 Å². The predicted molar refractivity (Wildman–Crippen MR) is 65.6 cm³/mol. The molecule has 1 fully saturated rings. The highest BCUT2D eigenvalue weighted by atomic mass is 79.9. The van der Waals surface area contributed by atoms with Gasteiger partial charge in [-0.25, -0.2) is 0 Å². The van der Waals surface area contributed by atoms with Crippen LogP contribution in [0.5, 0.6) is 0 Å². The summed E-state index contributed by atoms with van der Waals surface area (Å²) in [5, 5.41) is 8.63. The average molecular weight is 280 g/mol. The van der Waals surface area contributed by atoms with Gasteiger partial charge in [0.25, 0.3) is 0 Å². The fraction of sp³-hybridized carbons (Fsp3) is 0.500. The molecule has 0 amide bonds. The van der Waals surface area contributed by atoms with E-state index >= 15 is 0 Å².